The number of carboxylic acids is 1. The summed E-state index contributed by atoms with van der Waals surface area (Å²) in [6.45, 7) is 2.57. The minimum atomic E-state index is -0.913. The lowest BCUT2D eigenvalue weighted by Gasteiger charge is -2.13. The molecule has 1 atom stereocenters. The van der Waals surface area contributed by atoms with Crippen molar-refractivity contribution in [3.8, 4) is 0 Å². The van der Waals surface area contributed by atoms with Crippen molar-refractivity contribution in [2.24, 2.45) is 0 Å². The molecule has 1 saturated heterocycles. The lowest BCUT2D eigenvalue weighted by Crippen LogP contribution is -2.41. The van der Waals surface area contributed by atoms with Gasteiger partial charge in [-0.15, -0.1) is 0 Å². The van der Waals surface area contributed by atoms with Gasteiger partial charge in [-0.3, -0.25) is 10.1 Å². The van der Waals surface area contributed by atoms with Crippen molar-refractivity contribution in [2.75, 3.05) is 13.2 Å². The number of nitrogens with one attached hydrogen (secondary N) is 1. The summed E-state index contributed by atoms with van der Waals surface area (Å²) in [5, 5.41) is 11.1. The van der Waals surface area contributed by atoms with E-state index in [9.17, 15) is 4.79 Å². The van der Waals surface area contributed by atoms with Gasteiger partial charge in [0.25, 0.3) is 0 Å². The Morgan fingerprint density at radius 3 is 2.64 bits per heavy atom. The summed E-state index contributed by atoms with van der Waals surface area (Å²) in [5.41, 5.74) is 0. The van der Waals surface area contributed by atoms with Gasteiger partial charge in [-0.1, -0.05) is 0 Å². The fraction of sp³-hybridized carbons (Fsp3) is 0.833. The number of hydrogen-bond acceptors (Lipinski definition) is 4. The zero-order chi connectivity index (χ0) is 8.27. The smallest absolute Gasteiger partial charge is 0.320 e. The maximum Gasteiger partial charge on any atom is 0.320 e. The average molecular weight is 161 g/mol. The molecule has 1 unspecified atom stereocenters. The molecular weight excluding hydrogens is 150 g/mol. The number of carboxylic acid groups (broad SMARTS) is 1. The Bertz CT molecular complexity index is 144. The van der Waals surface area contributed by atoms with Gasteiger partial charge in [0.15, 0.2) is 0 Å². The first kappa shape index (κ1) is 8.45. The van der Waals surface area contributed by atoms with E-state index in [1.165, 1.54) is 6.92 Å². The third-order valence-corrected chi connectivity index (χ3v) is 1.38. The molecule has 0 spiro atoms. The predicted molar refractivity (Wildman–Crippen MR) is 35.9 cm³/mol. The van der Waals surface area contributed by atoms with E-state index in [1.807, 2.05) is 0 Å². The third-order valence-electron chi connectivity index (χ3n) is 1.38. The van der Waals surface area contributed by atoms with E-state index in [1.54, 1.807) is 0 Å². The van der Waals surface area contributed by atoms with Crippen molar-refractivity contribution < 1.29 is 19.4 Å². The SMILES string of the molecule is CC(NC1OCCO1)C(=O)O. The zero-order valence-corrected chi connectivity index (χ0v) is 6.24. The summed E-state index contributed by atoms with van der Waals surface area (Å²) < 4.78 is 9.95. The summed E-state index contributed by atoms with van der Waals surface area (Å²) in [6, 6.07) is -0.641. The van der Waals surface area contributed by atoms with Crippen molar-refractivity contribution in [1.82, 2.24) is 5.32 Å². The molecule has 0 amide bonds. The standard InChI is InChI=1S/C6H11NO4/c1-4(5(8)9)7-6-10-2-3-11-6/h4,6-7H,2-3H2,1H3,(H,8,9). The molecule has 1 heterocycles. The van der Waals surface area contributed by atoms with E-state index in [0.29, 0.717) is 13.2 Å². The molecule has 0 aromatic heterocycles. The quantitative estimate of drug-likeness (QED) is 0.577. The highest BCUT2D eigenvalue weighted by Gasteiger charge is 2.20. The lowest BCUT2D eigenvalue weighted by atomic mass is 10.3. The van der Waals surface area contributed by atoms with Gasteiger partial charge in [0.05, 0.1) is 13.2 Å². The molecule has 0 aliphatic carbocycles. The third kappa shape index (κ3) is 2.45. The molecule has 0 saturated carbocycles. The molecule has 1 rings (SSSR count). The van der Waals surface area contributed by atoms with Gasteiger partial charge in [-0.2, -0.15) is 0 Å². The van der Waals surface area contributed by atoms with Crippen molar-refractivity contribution in [3.05, 3.63) is 0 Å². The van der Waals surface area contributed by atoms with Gasteiger partial charge in [-0.05, 0) is 6.92 Å². The first-order valence-electron chi connectivity index (χ1n) is 3.42. The van der Waals surface area contributed by atoms with Gasteiger partial charge in [0.2, 0.25) is 6.41 Å². The highest BCUT2D eigenvalue weighted by molar-refractivity contribution is 5.72. The number of carbonyl (C=O) groups is 1. The maximum atomic E-state index is 10.3. The van der Waals surface area contributed by atoms with Crippen LogP contribution < -0.4 is 5.32 Å². The normalized spacial score (nSPS) is 21.9. The molecule has 0 aromatic rings. The number of ether oxygens (including phenoxy) is 2. The minimum Gasteiger partial charge on any atom is -0.480 e. The fourth-order valence-corrected chi connectivity index (χ4v) is 0.730. The molecule has 1 aliphatic heterocycles. The highest BCUT2D eigenvalue weighted by Crippen LogP contribution is 2.00. The minimum absolute atomic E-state index is 0.518. The largest absolute Gasteiger partial charge is 0.480 e. The van der Waals surface area contributed by atoms with Crippen LogP contribution in [0.15, 0.2) is 0 Å². The van der Waals surface area contributed by atoms with Crippen LogP contribution in [0.25, 0.3) is 0 Å². The summed E-state index contributed by atoms with van der Waals surface area (Å²) >= 11 is 0. The monoisotopic (exact) mass is 161 g/mol. The molecule has 1 aliphatic rings. The molecule has 5 heteroatoms. The molecule has 2 N–H and O–H groups in total. The molecule has 1 fully saturated rings. The van der Waals surface area contributed by atoms with Gasteiger partial charge in [0.1, 0.15) is 6.04 Å². The van der Waals surface area contributed by atoms with Crippen LogP contribution in [0.1, 0.15) is 6.92 Å². The Hall–Kier alpha value is -0.650. The summed E-state index contributed by atoms with van der Waals surface area (Å²) in [5.74, 6) is -0.913. The summed E-state index contributed by atoms with van der Waals surface area (Å²) in [4.78, 5) is 10.3. The first-order chi connectivity index (χ1) is 5.20. The van der Waals surface area contributed by atoms with E-state index in [0.717, 1.165) is 0 Å². The van der Waals surface area contributed by atoms with E-state index in [-0.39, 0.29) is 0 Å². The van der Waals surface area contributed by atoms with Crippen LogP contribution in [0.5, 0.6) is 0 Å². The first-order valence-corrected chi connectivity index (χ1v) is 3.42. The second-order valence-electron chi connectivity index (χ2n) is 2.30. The Balaban J connectivity index is 2.23. The van der Waals surface area contributed by atoms with Crippen LogP contribution in [0.2, 0.25) is 0 Å². The Morgan fingerprint density at radius 1 is 1.64 bits per heavy atom. The molecule has 0 aromatic carbocycles. The molecule has 64 valence electrons. The van der Waals surface area contributed by atoms with Crippen molar-refractivity contribution >= 4 is 5.97 Å². The van der Waals surface area contributed by atoms with Crippen LogP contribution >= 0.6 is 0 Å². The van der Waals surface area contributed by atoms with Crippen molar-refractivity contribution in [3.63, 3.8) is 0 Å². The summed E-state index contributed by atoms with van der Waals surface area (Å²) in [7, 11) is 0. The maximum absolute atomic E-state index is 10.3. The molecule has 5 nitrogen and oxygen atoms in total. The second kappa shape index (κ2) is 3.66. The fourth-order valence-electron chi connectivity index (χ4n) is 0.730. The van der Waals surface area contributed by atoms with Crippen molar-refractivity contribution in [1.29, 1.82) is 0 Å². The predicted octanol–water partition coefficient (Wildman–Crippen LogP) is -0.620. The van der Waals surface area contributed by atoms with E-state index >= 15 is 0 Å². The van der Waals surface area contributed by atoms with Crippen LogP contribution in [-0.2, 0) is 14.3 Å². The van der Waals surface area contributed by atoms with Crippen LogP contribution in [0.3, 0.4) is 0 Å². The molecule has 0 bridgehead atoms. The van der Waals surface area contributed by atoms with Gasteiger partial charge in [-0.25, -0.2) is 0 Å². The lowest BCUT2D eigenvalue weighted by molar-refractivity contribution is -0.143. The van der Waals surface area contributed by atoms with E-state index < -0.39 is 18.4 Å². The van der Waals surface area contributed by atoms with Crippen LogP contribution in [0, 0.1) is 0 Å². The number of aliphatic carboxylic acids is 1. The van der Waals surface area contributed by atoms with Crippen LogP contribution in [-0.4, -0.2) is 36.7 Å². The van der Waals surface area contributed by atoms with Crippen molar-refractivity contribution in [2.45, 2.75) is 19.4 Å². The van der Waals surface area contributed by atoms with Gasteiger partial charge < -0.3 is 14.6 Å². The van der Waals surface area contributed by atoms with Gasteiger partial charge >= 0.3 is 5.97 Å². The van der Waals surface area contributed by atoms with E-state index in [4.69, 9.17) is 14.6 Å². The highest BCUT2D eigenvalue weighted by atomic mass is 16.7. The molecular formula is C6H11NO4. The summed E-state index contributed by atoms with van der Waals surface area (Å²) in [6.07, 6.45) is -0.555. The second-order valence-corrected chi connectivity index (χ2v) is 2.30. The number of rotatable bonds is 3. The Morgan fingerprint density at radius 2 is 2.18 bits per heavy atom. The van der Waals surface area contributed by atoms with E-state index in [2.05, 4.69) is 5.32 Å². The van der Waals surface area contributed by atoms with Crippen LogP contribution in [0.4, 0.5) is 0 Å². The topological polar surface area (TPSA) is 67.8 Å². The number of hydrogen-bond donors (Lipinski definition) is 2. The average Bonchev–Trinajstić information content (AvgIpc) is 2.39. The van der Waals surface area contributed by atoms with Gasteiger partial charge in [0, 0.05) is 0 Å². The Kier molecular flexibility index (Phi) is 2.81. The Labute approximate surface area is 64.3 Å². The zero-order valence-electron chi connectivity index (χ0n) is 6.24. The molecule has 0 radical (unpaired) electrons. The molecule has 11 heavy (non-hydrogen) atoms.